The highest BCUT2D eigenvalue weighted by molar-refractivity contribution is 5.94. The third-order valence-electron chi connectivity index (χ3n) is 5.69. The van der Waals surface area contributed by atoms with Crippen molar-refractivity contribution in [2.75, 3.05) is 19.7 Å². The predicted molar refractivity (Wildman–Crippen MR) is 110 cm³/mol. The molecule has 4 rings (SSSR count). The van der Waals surface area contributed by atoms with Crippen molar-refractivity contribution in [1.29, 1.82) is 0 Å². The van der Waals surface area contributed by atoms with Crippen molar-refractivity contribution >= 4 is 18.3 Å². The van der Waals surface area contributed by atoms with E-state index in [2.05, 4.69) is 25.6 Å². The van der Waals surface area contributed by atoms with Crippen LogP contribution in [0.1, 0.15) is 36.5 Å². The van der Waals surface area contributed by atoms with Crippen molar-refractivity contribution in [2.24, 2.45) is 0 Å². The molecule has 0 radical (unpaired) electrons. The van der Waals surface area contributed by atoms with Crippen LogP contribution in [0, 0.1) is 0 Å². The number of hydrogen-bond donors (Lipinski definition) is 3. The molecule has 3 N–H and O–H groups in total. The van der Waals surface area contributed by atoms with Gasteiger partial charge in [0.1, 0.15) is 11.8 Å². The van der Waals surface area contributed by atoms with Crippen LogP contribution in [0.2, 0.25) is 0 Å². The summed E-state index contributed by atoms with van der Waals surface area (Å²) < 4.78 is 5.99. The second-order valence-electron chi connectivity index (χ2n) is 7.82. The van der Waals surface area contributed by atoms with Crippen LogP contribution in [0.15, 0.2) is 36.8 Å². The van der Waals surface area contributed by atoms with Crippen molar-refractivity contribution in [2.45, 2.75) is 43.4 Å². The average Bonchev–Trinajstić information content (AvgIpc) is 2.72. The van der Waals surface area contributed by atoms with Gasteiger partial charge in [-0.3, -0.25) is 9.78 Å². The first kappa shape index (κ1) is 21.6. The van der Waals surface area contributed by atoms with E-state index in [1.807, 2.05) is 25.1 Å². The van der Waals surface area contributed by atoms with E-state index < -0.39 is 11.6 Å². The average molecular weight is 420 g/mol. The molecule has 9 heteroatoms. The van der Waals surface area contributed by atoms with E-state index in [1.165, 1.54) is 12.4 Å². The zero-order chi connectivity index (χ0) is 19.6. The lowest BCUT2D eigenvalue weighted by Gasteiger charge is -2.50. The van der Waals surface area contributed by atoms with Gasteiger partial charge in [-0.15, -0.1) is 12.4 Å². The highest BCUT2D eigenvalue weighted by Crippen LogP contribution is 2.38. The van der Waals surface area contributed by atoms with Gasteiger partial charge in [-0.05, 0) is 45.0 Å². The fraction of sp³-hybridized carbons (Fsp3) is 0.500. The van der Waals surface area contributed by atoms with Crippen molar-refractivity contribution in [3.63, 3.8) is 0 Å². The van der Waals surface area contributed by atoms with Gasteiger partial charge in [0.25, 0.3) is 5.91 Å². The quantitative estimate of drug-likeness (QED) is 0.688. The number of nitrogens with one attached hydrogen (secondary N) is 2. The Morgan fingerprint density at radius 3 is 2.62 bits per heavy atom. The van der Waals surface area contributed by atoms with E-state index in [-0.39, 0.29) is 30.5 Å². The highest BCUT2D eigenvalue weighted by Gasteiger charge is 2.49. The molecule has 0 bridgehead atoms. The fourth-order valence-corrected chi connectivity index (χ4v) is 4.01. The molecule has 2 atom stereocenters. The van der Waals surface area contributed by atoms with Gasteiger partial charge in [0.2, 0.25) is 0 Å². The van der Waals surface area contributed by atoms with E-state index in [4.69, 9.17) is 4.74 Å². The van der Waals surface area contributed by atoms with Crippen LogP contribution in [-0.2, 0) is 4.74 Å². The monoisotopic (exact) mass is 419 g/mol. The van der Waals surface area contributed by atoms with Crippen molar-refractivity contribution < 1.29 is 14.6 Å². The van der Waals surface area contributed by atoms with Crippen LogP contribution < -0.4 is 10.6 Å². The summed E-state index contributed by atoms with van der Waals surface area (Å²) in [6.45, 7) is 3.85. The lowest BCUT2D eigenvalue weighted by Crippen LogP contribution is -2.65. The lowest BCUT2D eigenvalue weighted by atomic mass is 9.75. The number of ether oxygens (including phenoxy) is 1. The molecular formula is C20H26ClN5O3. The first-order valence-electron chi connectivity index (χ1n) is 9.58. The summed E-state index contributed by atoms with van der Waals surface area (Å²) in [5, 5.41) is 16.9. The Morgan fingerprint density at radius 2 is 1.97 bits per heavy atom. The number of aliphatic hydroxyl groups is 1. The summed E-state index contributed by atoms with van der Waals surface area (Å²) in [6.07, 6.45) is 6.18. The number of amides is 1. The lowest BCUT2D eigenvalue weighted by molar-refractivity contribution is -0.169. The van der Waals surface area contributed by atoms with Gasteiger partial charge in [0.15, 0.2) is 5.82 Å². The number of piperidine rings is 1. The third-order valence-corrected chi connectivity index (χ3v) is 5.69. The Bertz CT molecular complexity index is 830. The number of carbonyl (C=O) groups is 1. The zero-order valence-corrected chi connectivity index (χ0v) is 17.1. The maximum absolute atomic E-state index is 12.8. The summed E-state index contributed by atoms with van der Waals surface area (Å²) in [5.41, 5.74) is -0.0777. The molecule has 4 heterocycles. The van der Waals surface area contributed by atoms with E-state index in [0.29, 0.717) is 23.5 Å². The van der Waals surface area contributed by atoms with Gasteiger partial charge in [-0.2, -0.15) is 0 Å². The Hall–Kier alpha value is -2.13. The third kappa shape index (κ3) is 4.56. The Kier molecular flexibility index (Phi) is 6.48. The molecular weight excluding hydrogens is 394 g/mol. The molecule has 8 nitrogen and oxygen atoms in total. The first-order chi connectivity index (χ1) is 13.5. The molecule has 0 aromatic carbocycles. The van der Waals surface area contributed by atoms with Crippen LogP contribution in [-0.4, -0.2) is 62.9 Å². The molecule has 1 amide bonds. The number of hydrogen-bond acceptors (Lipinski definition) is 7. The number of aliphatic hydroxyl groups excluding tert-OH is 1. The Labute approximate surface area is 175 Å². The highest BCUT2D eigenvalue weighted by atomic mass is 35.5. The number of halogens is 1. The smallest absolute Gasteiger partial charge is 0.254 e. The molecule has 29 heavy (non-hydrogen) atoms. The minimum absolute atomic E-state index is 0. The summed E-state index contributed by atoms with van der Waals surface area (Å²) in [6, 6.07) is 5.49. The van der Waals surface area contributed by atoms with E-state index in [1.54, 1.807) is 6.20 Å². The Morgan fingerprint density at radius 1 is 1.24 bits per heavy atom. The fourth-order valence-electron chi connectivity index (χ4n) is 4.01. The van der Waals surface area contributed by atoms with Gasteiger partial charge < -0.3 is 20.5 Å². The van der Waals surface area contributed by atoms with Crippen molar-refractivity contribution in [3.8, 4) is 11.5 Å². The number of rotatable bonds is 3. The van der Waals surface area contributed by atoms with Gasteiger partial charge in [0, 0.05) is 25.0 Å². The van der Waals surface area contributed by atoms with Crippen LogP contribution in [0.5, 0.6) is 0 Å². The molecule has 2 aliphatic heterocycles. The largest absolute Gasteiger partial charge is 0.388 e. The number of aromatic nitrogens is 3. The van der Waals surface area contributed by atoms with E-state index in [0.717, 1.165) is 25.9 Å². The van der Waals surface area contributed by atoms with Crippen LogP contribution in [0.3, 0.4) is 0 Å². The predicted octanol–water partition coefficient (Wildman–Crippen LogP) is 1.35. The number of carbonyl (C=O) groups excluding carboxylic acids is 1. The Balaban J connectivity index is 0.00000240. The summed E-state index contributed by atoms with van der Waals surface area (Å²) in [5.74, 6) is 0.156. The summed E-state index contributed by atoms with van der Waals surface area (Å²) in [4.78, 5) is 25.5. The maximum Gasteiger partial charge on any atom is 0.254 e. The molecule has 0 saturated carbocycles. The van der Waals surface area contributed by atoms with E-state index >= 15 is 0 Å². The molecule has 2 aliphatic rings. The van der Waals surface area contributed by atoms with Gasteiger partial charge in [0.05, 0.1) is 23.3 Å². The normalized spacial score (nSPS) is 25.8. The van der Waals surface area contributed by atoms with Crippen LogP contribution >= 0.6 is 12.4 Å². The second kappa shape index (κ2) is 8.71. The minimum atomic E-state index is -0.773. The molecule has 2 fully saturated rings. The van der Waals surface area contributed by atoms with Crippen LogP contribution in [0.25, 0.3) is 11.5 Å². The number of nitrogens with zero attached hydrogens (tertiary/aromatic N) is 3. The van der Waals surface area contributed by atoms with Gasteiger partial charge in [-0.1, -0.05) is 6.07 Å². The summed E-state index contributed by atoms with van der Waals surface area (Å²) in [7, 11) is 0. The SMILES string of the molecule is C[C@]1(NC(=O)c2cnc(-c3ccccn3)nc2)CC2(CCNCC2)OC[C@@H]1O.Cl. The summed E-state index contributed by atoms with van der Waals surface area (Å²) >= 11 is 0. The van der Waals surface area contributed by atoms with Crippen molar-refractivity contribution in [3.05, 3.63) is 42.4 Å². The standard InChI is InChI=1S/C20H25N5O3.ClH/c1-19(13-20(28-12-16(19)26)5-8-21-9-6-20)25-18(27)14-10-23-17(24-11-14)15-4-2-3-7-22-15;/h2-4,7,10-11,16,21,26H,5-6,8-9,12-13H2,1H3,(H,25,27);1H/t16-,19-;/m0./s1. The van der Waals surface area contributed by atoms with Gasteiger partial charge in [-0.25, -0.2) is 9.97 Å². The molecule has 2 aromatic rings. The van der Waals surface area contributed by atoms with Crippen molar-refractivity contribution in [1.82, 2.24) is 25.6 Å². The van der Waals surface area contributed by atoms with E-state index in [9.17, 15) is 9.90 Å². The molecule has 156 valence electrons. The molecule has 2 saturated heterocycles. The number of pyridine rings is 1. The molecule has 0 aliphatic carbocycles. The zero-order valence-electron chi connectivity index (χ0n) is 16.3. The first-order valence-corrected chi connectivity index (χ1v) is 9.58. The minimum Gasteiger partial charge on any atom is -0.388 e. The second-order valence-corrected chi connectivity index (χ2v) is 7.82. The molecule has 2 aromatic heterocycles. The topological polar surface area (TPSA) is 109 Å². The van der Waals surface area contributed by atoms with Crippen LogP contribution in [0.4, 0.5) is 0 Å². The molecule has 1 spiro atoms. The maximum atomic E-state index is 12.8. The van der Waals surface area contributed by atoms with Gasteiger partial charge >= 0.3 is 0 Å². The molecule has 0 unspecified atom stereocenters.